The highest BCUT2D eigenvalue weighted by molar-refractivity contribution is 6.05. The molecule has 0 saturated carbocycles. The standard InChI is InChI=1S/C37H49N7O10/c1-2-53-36(51)37-13-6-17-44(24-37)32(47)11-10-30(45)39-15-12-28(33(48)40-16-20-52-19-14-38)42-31(46)21-25-7-3-4-8-26(25)23-41-34(49)29(43-35(37)50)22-27-9-5-18-54-27/h3-5,7-11,18,28-29H,2,6,12-17,19-24,38H2,1H3,(H,39,45)(H,40,48)(H,41,49)(H,42,46)(H,43,50)/b11-10+/t28-,29-,37-/m0/s1. The summed E-state index contributed by atoms with van der Waals surface area (Å²) >= 11 is 0. The molecule has 0 unspecified atom stereocenters. The van der Waals surface area contributed by atoms with Crippen LogP contribution in [0.1, 0.15) is 43.1 Å². The van der Waals surface area contributed by atoms with E-state index >= 15 is 0 Å². The van der Waals surface area contributed by atoms with Gasteiger partial charge in [-0.25, -0.2) is 0 Å². The molecule has 292 valence electrons. The smallest absolute Gasteiger partial charge is 0.323 e. The normalized spacial score (nSPS) is 22.6. The van der Waals surface area contributed by atoms with Crippen LogP contribution in [0.5, 0.6) is 0 Å². The molecule has 2 aliphatic rings. The summed E-state index contributed by atoms with van der Waals surface area (Å²) in [6.45, 7) is 2.39. The summed E-state index contributed by atoms with van der Waals surface area (Å²) in [4.78, 5) is 95.2. The van der Waals surface area contributed by atoms with Gasteiger partial charge in [-0.15, -0.1) is 0 Å². The van der Waals surface area contributed by atoms with Crippen LogP contribution in [0.3, 0.4) is 0 Å². The van der Waals surface area contributed by atoms with Crippen molar-refractivity contribution in [2.24, 2.45) is 11.1 Å². The molecular weight excluding hydrogens is 702 g/mol. The van der Waals surface area contributed by atoms with Crippen molar-refractivity contribution in [1.82, 2.24) is 31.5 Å². The fourth-order valence-electron chi connectivity index (χ4n) is 6.19. The molecule has 0 radical (unpaired) electrons. The number of rotatable bonds is 10. The molecule has 17 heteroatoms. The van der Waals surface area contributed by atoms with Gasteiger partial charge in [0.25, 0.3) is 0 Å². The Morgan fingerprint density at radius 2 is 1.81 bits per heavy atom. The molecule has 6 amide bonds. The molecule has 17 nitrogen and oxygen atoms in total. The van der Waals surface area contributed by atoms with Crippen LogP contribution in [0, 0.1) is 5.41 Å². The van der Waals surface area contributed by atoms with Crippen molar-refractivity contribution in [3.05, 3.63) is 71.7 Å². The van der Waals surface area contributed by atoms with Crippen molar-refractivity contribution < 1.29 is 47.5 Å². The minimum Gasteiger partial charge on any atom is -0.469 e. The van der Waals surface area contributed by atoms with Crippen LogP contribution >= 0.6 is 0 Å². The molecule has 3 atom stereocenters. The first-order valence-electron chi connectivity index (χ1n) is 18.0. The number of esters is 1. The molecule has 54 heavy (non-hydrogen) atoms. The third-order valence-electron chi connectivity index (χ3n) is 9.00. The quantitative estimate of drug-likeness (QED) is 0.0977. The van der Waals surface area contributed by atoms with Crippen LogP contribution in [-0.2, 0) is 62.4 Å². The van der Waals surface area contributed by atoms with E-state index in [9.17, 15) is 33.6 Å². The van der Waals surface area contributed by atoms with Crippen molar-refractivity contribution in [1.29, 1.82) is 0 Å². The average Bonchev–Trinajstić information content (AvgIpc) is 3.68. The fourth-order valence-corrected chi connectivity index (χ4v) is 6.19. The van der Waals surface area contributed by atoms with Crippen molar-refractivity contribution in [2.45, 2.75) is 57.7 Å². The van der Waals surface area contributed by atoms with Gasteiger partial charge in [0.05, 0.1) is 32.5 Å². The van der Waals surface area contributed by atoms with E-state index in [1.807, 2.05) is 0 Å². The Balaban J connectivity index is 1.64. The number of carbonyl (C=O) groups is 7. The summed E-state index contributed by atoms with van der Waals surface area (Å²) < 4.78 is 16.1. The molecule has 1 aromatic heterocycles. The second kappa shape index (κ2) is 20.6. The second-order valence-electron chi connectivity index (χ2n) is 12.9. The summed E-state index contributed by atoms with van der Waals surface area (Å²) in [6.07, 6.45) is 3.60. The molecule has 3 heterocycles. The first-order chi connectivity index (χ1) is 26.1. The van der Waals surface area contributed by atoms with Crippen LogP contribution < -0.4 is 32.3 Å². The van der Waals surface area contributed by atoms with E-state index in [-0.39, 0.29) is 78.0 Å². The van der Waals surface area contributed by atoms with E-state index in [0.717, 1.165) is 12.2 Å². The van der Waals surface area contributed by atoms with Crippen LogP contribution in [0.15, 0.2) is 59.2 Å². The molecule has 2 aromatic rings. The highest BCUT2D eigenvalue weighted by Gasteiger charge is 2.51. The Bertz CT molecular complexity index is 1660. The van der Waals surface area contributed by atoms with Crippen LogP contribution in [0.25, 0.3) is 0 Å². The van der Waals surface area contributed by atoms with E-state index in [1.165, 1.54) is 11.2 Å². The zero-order chi connectivity index (χ0) is 38.9. The molecule has 2 bridgehead atoms. The monoisotopic (exact) mass is 751 g/mol. The Morgan fingerprint density at radius 1 is 1.02 bits per heavy atom. The van der Waals surface area contributed by atoms with Gasteiger partial charge in [0.1, 0.15) is 17.8 Å². The van der Waals surface area contributed by atoms with E-state index in [0.29, 0.717) is 30.0 Å². The summed E-state index contributed by atoms with van der Waals surface area (Å²) in [7, 11) is 0. The van der Waals surface area contributed by atoms with Gasteiger partial charge in [-0.1, -0.05) is 24.3 Å². The Kier molecular flexibility index (Phi) is 15.7. The van der Waals surface area contributed by atoms with Gasteiger partial charge in [-0.3, -0.25) is 33.6 Å². The largest absolute Gasteiger partial charge is 0.469 e. The Morgan fingerprint density at radius 3 is 2.56 bits per heavy atom. The number of benzene rings is 1. The lowest BCUT2D eigenvalue weighted by Crippen LogP contribution is -2.60. The average molecular weight is 752 g/mol. The minimum atomic E-state index is -1.84. The number of piperidine rings is 1. The van der Waals surface area contributed by atoms with Crippen molar-refractivity contribution in [2.75, 3.05) is 52.5 Å². The molecular formula is C37H49N7O10. The topological polar surface area (TPSA) is 240 Å². The number of furan rings is 1. The highest BCUT2D eigenvalue weighted by Crippen LogP contribution is 2.33. The number of nitrogens with zero attached hydrogens (tertiary/aromatic N) is 1. The van der Waals surface area contributed by atoms with E-state index in [4.69, 9.17) is 19.6 Å². The predicted molar refractivity (Wildman–Crippen MR) is 193 cm³/mol. The molecule has 2 aliphatic heterocycles. The van der Waals surface area contributed by atoms with Gasteiger partial charge in [0, 0.05) is 57.8 Å². The minimum absolute atomic E-state index is 0.0206. The number of fused-ring (bicyclic) bond motifs is 3. The molecule has 1 saturated heterocycles. The van der Waals surface area contributed by atoms with Gasteiger partial charge >= 0.3 is 5.97 Å². The third kappa shape index (κ3) is 11.7. The molecule has 0 aliphatic carbocycles. The number of hydrogen-bond donors (Lipinski definition) is 6. The number of carbonyl (C=O) groups excluding carboxylic acids is 7. The lowest BCUT2D eigenvalue weighted by Gasteiger charge is -2.40. The van der Waals surface area contributed by atoms with E-state index in [2.05, 4.69) is 26.6 Å². The molecule has 1 fully saturated rings. The van der Waals surface area contributed by atoms with Crippen molar-refractivity contribution >= 4 is 41.4 Å². The van der Waals surface area contributed by atoms with Crippen molar-refractivity contribution in [3.63, 3.8) is 0 Å². The summed E-state index contributed by atoms with van der Waals surface area (Å²) in [5.74, 6) is -4.09. The number of nitrogens with one attached hydrogen (secondary N) is 5. The maximum absolute atomic E-state index is 14.1. The SMILES string of the molecule is CCOC(=O)[C@@]12CCCN(C1)C(=O)/C=C/C(=O)NCC[C@@H](C(=O)NCCOCCN)NC(=O)Cc1ccccc1CNC(=O)[C@H](Cc1ccco1)NC2=O. The zero-order valence-corrected chi connectivity index (χ0v) is 30.4. The first-order valence-corrected chi connectivity index (χ1v) is 18.0. The van der Waals surface area contributed by atoms with Gasteiger partial charge in [-0.05, 0) is 49.4 Å². The van der Waals surface area contributed by atoms with Crippen LogP contribution in [-0.4, -0.2) is 111 Å². The fraction of sp³-hybridized carbons (Fsp3) is 0.486. The predicted octanol–water partition coefficient (Wildman–Crippen LogP) is -1.01. The first kappa shape index (κ1) is 41.2. The lowest BCUT2D eigenvalue weighted by atomic mass is 9.78. The number of amides is 6. The number of nitrogens with two attached hydrogens (primary N) is 1. The second-order valence-corrected chi connectivity index (χ2v) is 12.9. The van der Waals surface area contributed by atoms with Crippen molar-refractivity contribution in [3.8, 4) is 0 Å². The molecule has 1 aromatic carbocycles. The van der Waals surface area contributed by atoms with Gasteiger partial charge in [-0.2, -0.15) is 0 Å². The molecule has 7 N–H and O–H groups in total. The van der Waals surface area contributed by atoms with Crippen LogP contribution in [0.2, 0.25) is 0 Å². The van der Waals surface area contributed by atoms with E-state index < -0.39 is 58.9 Å². The molecule has 4 rings (SSSR count). The van der Waals surface area contributed by atoms with Gasteiger partial charge < -0.3 is 51.1 Å². The Labute approximate surface area is 313 Å². The maximum atomic E-state index is 14.1. The van der Waals surface area contributed by atoms with E-state index in [1.54, 1.807) is 43.3 Å². The zero-order valence-electron chi connectivity index (χ0n) is 30.4. The summed E-state index contributed by atoms with van der Waals surface area (Å²) in [5.41, 5.74) is 4.77. The number of ether oxygens (including phenoxy) is 2. The summed E-state index contributed by atoms with van der Waals surface area (Å²) in [6, 6.07) is 7.97. The number of hydrogen-bond acceptors (Lipinski definition) is 11. The summed E-state index contributed by atoms with van der Waals surface area (Å²) in [5, 5.41) is 13.6. The molecule has 0 spiro atoms. The Hall–Kier alpha value is -5.55. The third-order valence-corrected chi connectivity index (χ3v) is 9.00. The van der Waals surface area contributed by atoms with Gasteiger partial charge in [0.15, 0.2) is 5.41 Å². The van der Waals surface area contributed by atoms with Crippen LogP contribution in [0.4, 0.5) is 0 Å². The lowest BCUT2D eigenvalue weighted by molar-refractivity contribution is -0.166. The highest BCUT2D eigenvalue weighted by atomic mass is 16.5. The van der Waals surface area contributed by atoms with Gasteiger partial charge in [0.2, 0.25) is 35.4 Å². The maximum Gasteiger partial charge on any atom is 0.323 e.